The predicted molar refractivity (Wildman–Crippen MR) is 92.7 cm³/mol. The number of hydrogen-bond acceptors (Lipinski definition) is 3. The van der Waals surface area contributed by atoms with Crippen molar-refractivity contribution < 1.29 is 9.53 Å². The largest absolute Gasteiger partial charge is 0.463 e. The topological polar surface area (TPSA) is 38.3 Å². The second-order valence-electron chi connectivity index (χ2n) is 6.29. The molecule has 0 radical (unpaired) electrons. The Morgan fingerprint density at radius 1 is 1.00 bits per heavy atom. The number of piperidine rings is 1. The number of unbranched alkanes of at least 4 members (excludes halogenated alkanes) is 7. The SMILES string of the molecule is CCCCCCCCCC/C(C(=O)OCC)=C1\CCCCN1. The lowest BCUT2D eigenvalue weighted by Crippen LogP contribution is -2.24. The molecule has 128 valence electrons. The first kappa shape index (κ1) is 19.1. The molecule has 0 aromatic heterocycles. The summed E-state index contributed by atoms with van der Waals surface area (Å²) in [5.41, 5.74) is 2.06. The summed E-state index contributed by atoms with van der Waals surface area (Å²) in [7, 11) is 0. The van der Waals surface area contributed by atoms with Crippen molar-refractivity contribution in [2.45, 2.75) is 90.9 Å². The average Bonchev–Trinajstić information content (AvgIpc) is 2.54. The minimum atomic E-state index is -0.102. The van der Waals surface area contributed by atoms with Crippen molar-refractivity contribution in [2.24, 2.45) is 0 Å². The Hall–Kier alpha value is -0.990. The van der Waals surface area contributed by atoms with Crippen LogP contribution in [-0.4, -0.2) is 19.1 Å². The first-order valence-electron chi connectivity index (χ1n) is 9.42. The Morgan fingerprint density at radius 3 is 2.27 bits per heavy atom. The fraction of sp³-hybridized carbons (Fsp3) is 0.842. The van der Waals surface area contributed by atoms with Gasteiger partial charge in [0.15, 0.2) is 0 Å². The quantitative estimate of drug-likeness (QED) is 0.327. The first-order chi connectivity index (χ1) is 10.8. The van der Waals surface area contributed by atoms with Crippen LogP contribution >= 0.6 is 0 Å². The third kappa shape index (κ3) is 7.86. The number of allylic oxidation sites excluding steroid dienone is 1. The minimum Gasteiger partial charge on any atom is -0.463 e. The Bertz CT molecular complexity index is 328. The van der Waals surface area contributed by atoms with E-state index in [1.807, 2.05) is 6.92 Å². The van der Waals surface area contributed by atoms with E-state index >= 15 is 0 Å². The zero-order valence-corrected chi connectivity index (χ0v) is 14.7. The summed E-state index contributed by atoms with van der Waals surface area (Å²) >= 11 is 0. The van der Waals surface area contributed by atoms with Crippen LogP contribution in [0.5, 0.6) is 0 Å². The van der Waals surface area contributed by atoms with Crippen LogP contribution < -0.4 is 5.32 Å². The summed E-state index contributed by atoms with van der Waals surface area (Å²) in [5, 5.41) is 3.41. The van der Waals surface area contributed by atoms with E-state index in [0.717, 1.165) is 37.1 Å². The van der Waals surface area contributed by atoms with Crippen LogP contribution in [0.4, 0.5) is 0 Å². The van der Waals surface area contributed by atoms with E-state index in [0.29, 0.717) is 6.61 Å². The van der Waals surface area contributed by atoms with E-state index in [2.05, 4.69) is 12.2 Å². The van der Waals surface area contributed by atoms with Crippen molar-refractivity contribution in [1.82, 2.24) is 5.32 Å². The number of hydrogen-bond donors (Lipinski definition) is 1. The second kappa shape index (κ2) is 12.5. The summed E-state index contributed by atoms with van der Waals surface area (Å²) in [4.78, 5) is 12.2. The van der Waals surface area contributed by atoms with E-state index < -0.39 is 0 Å². The van der Waals surface area contributed by atoms with E-state index in [1.54, 1.807) is 0 Å². The molecule has 1 saturated heterocycles. The van der Waals surface area contributed by atoms with Crippen LogP contribution in [-0.2, 0) is 9.53 Å². The monoisotopic (exact) mass is 309 g/mol. The van der Waals surface area contributed by atoms with Crippen molar-refractivity contribution in [3.8, 4) is 0 Å². The van der Waals surface area contributed by atoms with Gasteiger partial charge in [-0.1, -0.05) is 51.9 Å². The molecule has 3 nitrogen and oxygen atoms in total. The van der Waals surface area contributed by atoms with Gasteiger partial charge in [0, 0.05) is 12.2 Å². The molecule has 22 heavy (non-hydrogen) atoms. The maximum atomic E-state index is 12.2. The lowest BCUT2D eigenvalue weighted by Gasteiger charge is -2.20. The lowest BCUT2D eigenvalue weighted by atomic mass is 9.99. The molecule has 1 rings (SSSR count). The molecule has 3 heteroatoms. The summed E-state index contributed by atoms with van der Waals surface area (Å²) < 4.78 is 5.24. The van der Waals surface area contributed by atoms with Crippen LogP contribution in [0.1, 0.15) is 90.9 Å². The Balaban J connectivity index is 2.31. The van der Waals surface area contributed by atoms with Crippen LogP contribution in [0, 0.1) is 0 Å². The third-order valence-corrected chi connectivity index (χ3v) is 4.36. The highest BCUT2D eigenvalue weighted by molar-refractivity contribution is 5.89. The molecule has 0 aromatic rings. The van der Waals surface area contributed by atoms with Gasteiger partial charge in [0.1, 0.15) is 0 Å². The molecule has 1 aliphatic heterocycles. The second-order valence-corrected chi connectivity index (χ2v) is 6.29. The fourth-order valence-corrected chi connectivity index (χ4v) is 3.04. The molecule has 0 bridgehead atoms. The molecule has 0 unspecified atom stereocenters. The highest BCUT2D eigenvalue weighted by Crippen LogP contribution is 2.21. The molecule has 1 aliphatic rings. The van der Waals surface area contributed by atoms with Gasteiger partial charge in [-0.3, -0.25) is 0 Å². The van der Waals surface area contributed by atoms with Crippen molar-refractivity contribution >= 4 is 5.97 Å². The number of nitrogens with one attached hydrogen (secondary N) is 1. The van der Waals surface area contributed by atoms with Crippen molar-refractivity contribution in [3.63, 3.8) is 0 Å². The molecular weight excluding hydrogens is 274 g/mol. The molecule has 0 spiro atoms. The van der Waals surface area contributed by atoms with Crippen molar-refractivity contribution in [1.29, 1.82) is 0 Å². The molecule has 1 N–H and O–H groups in total. The van der Waals surface area contributed by atoms with Gasteiger partial charge in [-0.2, -0.15) is 0 Å². The maximum Gasteiger partial charge on any atom is 0.335 e. The van der Waals surface area contributed by atoms with Gasteiger partial charge in [0.25, 0.3) is 0 Å². The summed E-state index contributed by atoms with van der Waals surface area (Å²) in [6, 6.07) is 0. The molecule has 0 aromatic carbocycles. The zero-order valence-electron chi connectivity index (χ0n) is 14.7. The maximum absolute atomic E-state index is 12.2. The smallest absolute Gasteiger partial charge is 0.335 e. The van der Waals surface area contributed by atoms with Gasteiger partial charge in [-0.25, -0.2) is 4.79 Å². The predicted octanol–water partition coefficient (Wildman–Crippen LogP) is 5.11. The number of esters is 1. The Morgan fingerprint density at radius 2 is 1.68 bits per heavy atom. The van der Waals surface area contributed by atoms with E-state index in [9.17, 15) is 4.79 Å². The summed E-state index contributed by atoms with van der Waals surface area (Å²) in [5.74, 6) is -0.102. The third-order valence-electron chi connectivity index (χ3n) is 4.36. The summed E-state index contributed by atoms with van der Waals surface area (Å²) in [6.45, 7) is 5.59. The molecule has 1 heterocycles. The molecule has 0 saturated carbocycles. The standard InChI is InChI=1S/C19H35NO2/c1-3-5-6-7-8-9-10-11-14-17(19(21)22-4-2)18-15-12-13-16-20-18/h20H,3-16H2,1-2H3/b18-17-. The van der Waals surface area contributed by atoms with Gasteiger partial charge in [-0.05, 0) is 39.0 Å². The van der Waals surface area contributed by atoms with Crippen molar-refractivity contribution in [2.75, 3.05) is 13.2 Å². The van der Waals surface area contributed by atoms with Crippen LogP contribution in [0.3, 0.4) is 0 Å². The number of ether oxygens (including phenoxy) is 1. The first-order valence-corrected chi connectivity index (χ1v) is 9.42. The van der Waals surface area contributed by atoms with Gasteiger partial charge < -0.3 is 10.1 Å². The van der Waals surface area contributed by atoms with Gasteiger partial charge in [0.2, 0.25) is 0 Å². The molecule has 0 aliphatic carbocycles. The molecule has 0 amide bonds. The van der Waals surface area contributed by atoms with Gasteiger partial charge in [-0.15, -0.1) is 0 Å². The molecular formula is C19H35NO2. The van der Waals surface area contributed by atoms with Crippen LogP contribution in [0.15, 0.2) is 11.3 Å². The number of carbonyl (C=O) groups is 1. The molecule has 0 atom stereocenters. The van der Waals surface area contributed by atoms with E-state index in [4.69, 9.17) is 4.74 Å². The van der Waals surface area contributed by atoms with E-state index in [1.165, 1.54) is 57.8 Å². The van der Waals surface area contributed by atoms with Gasteiger partial charge in [0.05, 0.1) is 12.2 Å². The Kier molecular flexibility index (Phi) is 10.9. The normalized spacial score (nSPS) is 17.0. The molecule has 1 fully saturated rings. The fourth-order valence-electron chi connectivity index (χ4n) is 3.04. The lowest BCUT2D eigenvalue weighted by molar-refractivity contribution is -0.138. The van der Waals surface area contributed by atoms with Crippen molar-refractivity contribution in [3.05, 3.63) is 11.3 Å². The van der Waals surface area contributed by atoms with E-state index in [-0.39, 0.29) is 5.97 Å². The summed E-state index contributed by atoms with van der Waals surface area (Å²) in [6.07, 6.45) is 14.6. The zero-order chi connectivity index (χ0) is 16.0. The Labute approximate surface area is 136 Å². The average molecular weight is 309 g/mol. The minimum absolute atomic E-state index is 0.102. The van der Waals surface area contributed by atoms with Gasteiger partial charge >= 0.3 is 5.97 Å². The highest BCUT2D eigenvalue weighted by Gasteiger charge is 2.18. The van der Waals surface area contributed by atoms with Crippen LogP contribution in [0.2, 0.25) is 0 Å². The number of carbonyl (C=O) groups excluding carboxylic acids is 1. The highest BCUT2D eigenvalue weighted by atomic mass is 16.5. The number of rotatable bonds is 11. The van der Waals surface area contributed by atoms with Crippen LogP contribution in [0.25, 0.3) is 0 Å².